The minimum absolute atomic E-state index is 0.0531. The molecule has 0 atom stereocenters. The van der Waals surface area contributed by atoms with E-state index in [2.05, 4.69) is 0 Å². The molecule has 0 aliphatic heterocycles. The van der Waals surface area contributed by atoms with Crippen LogP contribution >= 0.6 is 0 Å². The monoisotopic (exact) mass is 416 g/mol. The number of hydrogen-bond donors (Lipinski definition) is 2. The highest BCUT2D eigenvalue weighted by atomic mass is 16.6. The third-order valence-electron chi connectivity index (χ3n) is 5.00. The lowest BCUT2D eigenvalue weighted by Gasteiger charge is -2.28. The van der Waals surface area contributed by atoms with Crippen LogP contribution in [0.2, 0.25) is 0 Å². The smallest absolute Gasteiger partial charge is 0.338 e. The van der Waals surface area contributed by atoms with Gasteiger partial charge in [0, 0.05) is 0 Å². The molecule has 1 aliphatic rings. The normalized spacial score (nSPS) is 18.3. The van der Waals surface area contributed by atoms with Crippen molar-refractivity contribution in [1.29, 1.82) is 0 Å². The largest absolute Gasteiger partial charge is 0.504 e. The molecule has 0 unspecified atom stereocenters. The molecule has 0 amide bonds. The van der Waals surface area contributed by atoms with Crippen LogP contribution in [0.5, 0.6) is 23.0 Å². The van der Waals surface area contributed by atoms with Crippen LogP contribution in [0.4, 0.5) is 0 Å². The molecule has 0 heterocycles. The molecule has 8 nitrogen and oxygen atoms in total. The van der Waals surface area contributed by atoms with E-state index in [-0.39, 0.29) is 35.2 Å². The van der Waals surface area contributed by atoms with Gasteiger partial charge in [-0.25, -0.2) is 9.59 Å². The van der Waals surface area contributed by atoms with Gasteiger partial charge in [0.2, 0.25) is 0 Å². The van der Waals surface area contributed by atoms with Gasteiger partial charge in [-0.15, -0.1) is 0 Å². The van der Waals surface area contributed by atoms with Crippen LogP contribution in [0.25, 0.3) is 0 Å². The number of esters is 2. The van der Waals surface area contributed by atoms with Crippen LogP contribution in [-0.2, 0) is 9.47 Å². The minimum atomic E-state index is -0.495. The van der Waals surface area contributed by atoms with E-state index in [1.54, 1.807) is 0 Å². The van der Waals surface area contributed by atoms with E-state index in [0.29, 0.717) is 36.8 Å². The number of phenolic OH excluding ortho intramolecular Hbond substituents is 2. The Balaban J connectivity index is 1.51. The van der Waals surface area contributed by atoms with Gasteiger partial charge < -0.3 is 29.2 Å². The molecule has 1 saturated carbocycles. The van der Waals surface area contributed by atoms with E-state index in [9.17, 15) is 19.8 Å². The fourth-order valence-electron chi connectivity index (χ4n) is 3.32. The third-order valence-corrected chi connectivity index (χ3v) is 5.00. The van der Waals surface area contributed by atoms with Gasteiger partial charge in [0.15, 0.2) is 23.0 Å². The predicted molar refractivity (Wildman–Crippen MR) is 106 cm³/mol. The quantitative estimate of drug-likeness (QED) is 0.689. The third kappa shape index (κ3) is 4.94. The predicted octanol–water partition coefficient (Wildman–Crippen LogP) is 3.44. The average molecular weight is 416 g/mol. The molecule has 160 valence electrons. The number of phenols is 2. The van der Waals surface area contributed by atoms with E-state index in [4.69, 9.17) is 18.9 Å². The molecule has 0 saturated heterocycles. The van der Waals surface area contributed by atoms with Gasteiger partial charge in [-0.3, -0.25) is 0 Å². The number of rotatable bonds is 6. The van der Waals surface area contributed by atoms with Crippen molar-refractivity contribution >= 4 is 11.9 Å². The van der Waals surface area contributed by atoms with Gasteiger partial charge in [0.1, 0.15) is 12.2 Å². The van der Waals surface area contributed by atoms with E-state index >= 15 is 0 Å². The first-order valence-electron chi connectivity index (χ1n) is 9.57. The van der Waals surface area contributed by atoms with E-state index < -0.39 is 11.9 Å². The van der Waals surface area contributed by atoms with E-state index in [1.807, 2.05) is 0 Å². The number of aromatic hydroxyl groups is 2. The van der Waals surface area contributed by atoms with Crippen LogP contribution in [0, 0.1) is 0 Å². The first-order chi connectivity index (χ1) is 14.4. The molecule has 2 aromatic rings. The average Bonchev–Trinajstić information content (AvgIpc) is 2.75. The van der Waals surface area contributed by atoms with Crippen LogP contribution in [0.15, 0.2) is 36.4 Å². The van der Waals surface area contributed by atoms with Crippen molar-refractivity contribution in [2.75, 3.05) is 14.2 Å². The fourth-order valence-corrected chi connectivity index (χ4v) is 3.32. The van der Waals surface area contributed by atoms with Gasteiger partial charge in [-0.1, -0.05) is 0 Å². The van der Waals surface area contributed by atoms with Gasteiger partial charge in [-0.05, 0) is 62.1 Å². The number of benzene rings is 2. The number of carbonyl (C=O) groups excluding carboxylic acids is 2. The number of hydrogen-bond acceptors (Lipinski definition) is 8. The summed E-state index contributed by atoms with van der Waals surface area (Å²) in [7, 11) is 2.81. The van der Waals surface area contributed by atoms with Crippen molar-refractivity contribution in [3.63, 3.8) is 0 Å². The summed E-state index contributed by atoms with van der Waals surface area (Å²) in [6.45, 7) is 0. The van der Waals surface area contributed by atoms with Crippen LogP contribution in [-0.4, -0.2) is 48.6 Å². The molecular formula is C22H24O8. The SMILES string of the molecule is COc1cc(C(=O)O[C@H]2CC[C@@H](OC(=O)c3ccc(O)c(OC)c3)CC2)ccc1O. The molecule has 2 aromatic carbocycles. The molecule has 1 aliphatic carbocycles. The van der Waals surface area contributed by atoms with Crippen molar-refractivity contribution in [1.82, 2.24) is 0 Å². The molecule has 0 bridgehead atoms. The Labute approximate surface area is 173 Å². The van der Waals surface area contributed by atoms with Gasteiger partial charge in [0.05, 0.1) is 25.3 Å². The van der Waals surface area contributed by atoms with Gasteiger partial charge in [0.25, 0.3) is 0 Å². The van der Waals surface area contributed by atoms with Gasteiger partial charge in [-0.2, -0.15) is 0 Å². The highest BCUT2D eigenvalue weighted by Crippen LogP contribution is 2.30. The molecular weight excluding hydrogens is 392 g/mol. The summed E-state index contributed by atoms with van der Waals surface area (Å²) in [6.07, 6.45) is 1.72. The zero-order valence-electron chi connectivity index (χ0n) is 16.8. The summed E-state index contributed by atoms with van der Waals surface area (Å²) in [6, 6.07) is 8.56. The zero-order chi connectivity index (χ0) is 21.7. The second-order valence-electron chi connectivity index (χ2n) is 6.98. The zero-order valence-corrected chi connectivity index (χ0v) is 16.8. The molecule has 2 N–H and O–H groups in total. The summed E-state index contributed by atoms with van der Waals surface area (Å²) in [5.41, 5.74) is 0.582. The molecule has 0 spiro atoms. The fraction of sp³-hybridized carbons (Fsp3) is 0.364. The highest BCUT2D eigenvalue weighted by Gasteiger charge is 2.27. The lowest BCUT2D eigenvalue weighted by Crippen LogP contribution is -2.29. The second-order valence-corrected chi connectivity index (χ2v) is 6.98. The number of methoxy groups -OCH3 is 2. The van der Waals surface area contributed by atoms with Crippen LogP contribution in [0.3, 0.4) is 0 Å². The lowest BCUT2D eigenvalue weighted by molar-refractivity contribution is -0.0108. The van der Waals surface area contributed by atoms with Crippen molar-refractivity contribution < 1.29 is 38.7 Å². The molecule has 1 fully saturated rings. The molecule has 3 rings (SSSR count). The summed E-state index contributed by atoms with van der Waals surface area (Å²) in [4.78, 5) is 24.7. The molecule has 8 heteroatoms. The van der Waals surface area contributed by atoms with E-state index in [0.717, 1.165) is 0 Å². The first kappa shape index (κ1) is 21.3. The maximum atomic E-state index is 12.3. The Hall–Kier alpha value is -3.42. The second kappa shape index (κ2) is 9.39. The number of ether oxygens (including phenoxy) is 4. The minimum Gasteiger partial charge on any atom is -0.504 e. The maximum Gasteiger partial charge on any atom is 0.338 e. The summed E-state index contributed by atoms with van der Waals surface area (Å²) < 4.78 is 21.1. The molecule has 30 heavy (non-hydrogen) atoms. The van der Waals surface area contributed by atoms with Crippen LogP contribution < -0.4 is 9.47 Å². The summed E-state index contributed by atoms with van der Waals surface area (Å²) >= 11 is 0. The van der Waals surface area contributed by atoms with Gasteiger partial charge >= 0.3 is 11.9 Å². The molecule has 0 radical (unpaired) electrons. The van der Waals surface area contributed by atoms with Crippen LogP contribution in [0.1, 0.15) is 46.4 Å². The van der Waals surface area contributed by atoms with Crippen molar-refractivity contribution in [2.45, 2.75) is 37.9 Å². The molecule has 0 aromatic heterocycles. The highest BCUT2D eigenvalue weighted by molar-refractivity contribution is 5.91. The Morgan fingerprint density at radius 3 is 1.43 bits per heavy atom. The van der Waals surface area contributed by atoms with E-state index in [1.165, 1.54) is 50.6 Å². The lowest BCUT2D eigenvalue weighted by atomic mass is 9.95. The number of carbonyl (C=O) groups is 2. The maximum absolute atomic E-state index is 12.3. The Morgan fingerprint density at radius 2 is 1.10 bits per heavy atom. The summed E-state index contributed by atoms with van der Waals surface area (Å²) in [5.74, 6) is -0.697. The van der Waals surface area contributed by atoms with Crippen molar-refractivity contribution in [3.8, 4) is 23.0 Å². The topological polar surface area (TPSA) is 112 Å². The Bertz CT molecular complexity index is 840. The Kier molecular flexibility index (Phi) is 6.66. The summed E-state index contributed by atoms with van der Waals surface area (Å²) in [5, 5.41) is 19.3. The standard InChI is InChI=1S/C22H24O8/c1-27-19-11-13(3-9-17(19)23)21(25)29-15-5-7-16(8-6-15)30-22(26)14-4-10-18(24)20(12-14)28-2/h3-4,9-12,15-16,23-24H,5-8H2,1-2H3/t15-,16+. The first-order valence-corrected chi connectivity index (χ1v) is 9.57. The van der Waals surface area contributed by atoms with Crippen molar-refractivity contribution in [3.05, 3.63) is 47.5 Å². The van der Waals surface area contributed by atoms with Crippen molar-refractivity contribution in [2.24, 2.45) is 0 Å². The Morgan fingerprint density at radius 1 is 0.733 bits per heavy atom.